The van der Waals surface area contributed by atoms with Gasteiger partial charge in [0.15, 0.2) is 0 Å². The zero-order valence-corrected chi connectivity index (χ0v) is 15.9. The summed E-state index contributed by atoms with van der Waals surface area (Å²) in [6.07, 6.45) is 1.39. The van der Waals surface area contributed by atoms with Gasteiger partial charge in [0.25, 0.3) is 0 Å². The number of fused-ring (bicyclic) bond motifs is 1. The van der Waals surface area contributed by atoms with Gasteiger partial charge in [0.1, 0.15) is 11.6 Å². The third-order valence-corrected chi connectivity index (χ3v) is 4.42. The van der Waals surface area contributed by atoms with E-state index in [1.807, 2.05) is 50.0 Å². The van der Waals surface area contributed by atoms with Crippen LogP contribution in [-0.2, 0) is 9.53 Å². The Kier molecular flexibility index (Phi) is 5.38. The Balaban J connectivity index is 1.64. The Bertz CT molecular complexity index is 818. The summed E-state index contributed by atoms with van der Waals surface area (Å²) in [7, 11) is 0. The maximum absolute atomic E-state index is 12.2. The highest BCUT2D eigenvalue weighted by atomic mass is 16.6. The predicted octanol–water partition coefficient (Wildman–Crippen LogP) is 2.35. The van der Waals surface area contributed by atoms with Crippen molar-refractivity contribution in [2.45, 2.75) is 32.4 Å². The number of hydrogen-bond acceptors (Lipinski definition) is 5. The number of ether oxygens (including phenoxy) is 1. The van der Waals surface area contributed by atoms with E-state index in [0.29, 0.717) is 31.7 Å². The van der Waals surface area contributed by atoms with Crippen molar-refractivity contribution in [3.8, 4) is 0 Å². The Morgan fingerprint density at radius 2 is 1.85 bits per heavy atom. The van der Waals surface area contributed by atoms with Crippen molar-refractivity contribution in [1.82, 2.24) is 20.3 Å². The fourth-order valence-corrected chi connectivity index (χ4v) is 3.12. The number of aliphatic carboxylic acids is 1. The highest BCUT2D eigenvalue weighted by Gasteiger charge is 2.29. The number of carboxylic acids is 1. The van der Waals surface area contributed by atoms with Crippen LogP contribution in [0.2, 0.25) is 0 Å². The molecule has 3 rings (SSSR count). The van der Waals surface area contributed by atoms with Crippen molar-refractivity contribution in [2.24, 2.45) is 0 Å². The maximum Gasteiger partial charge on any atom is 0.410 e. The summed E-state index contributed by atoms with van der Waals surface area (Å²) in [6, 6.07) is 6.74. The second-order valence-corrected chi connectivity index (χ2v) is 7.64. The van der Waals surface area contributed by atoms with Gasteiger partial charge in [-0.05, 0) is 26.8 Å². The van der Waals surface area contributed by atoms with Crippen molar-refractivity contribution in [3.63, 3.8) is 0 Å². The van der Waals surface area contributed by atoms with E-state index in [2.05, 4.69) is 10.4 Å². The normalized spacial score (nSPS) is 17.1. The summed E-state index contributed by atoms with van der Waals surface area (Å²) in [6.45, 7) is 7.49. The van der Waals surface area contributed by atoms with Crippen LogP contribution in [-0.4, -0.2) is 63.8 Å². The lowest BCUT2D eigenvalue weighted by atomic mass is 10.1. The zero-order valence-electron chi connectivity index (χ0n) is 15.9. The molecule has 1 unspecified atom stereocenters. The smallest absolute Gasteiger partial charge is 0.410 e. The molecule has 1 atom stereocenters. The topological polar surface area (TPSA) is 97.9 Å². The molecule has 1 aliphatic heterocycles. The van der Waals surface area contributed by atoms with Gasteiger partial charge in [-0.15, -0.1) is 0 Å². The Morgan fingerprint density at radius 3 is 2.48 bits per heavy atom. The molecule has 1 aromatic heterocycles. The van der Waals surface area contributed by atoms with Crippen LogP contribution in [0, 0.1) is 0 Å². The minimum absolute atomic E-state index is 0.339. The molecule has 1 fully saturated rings. The first-order valence-electron chi connectivity index (χ1n) is 9.02. The minimum atomic E-state index is -0.950. The number of nitrogens with one attached hydrogen (secondary N) is 2. The summed E-state index contributed by atoms with van der Waals surface area (Å²) < 4.78 is 5.39. The summed E-state index contributed by atoms with van der Waals surface area (Å²) in [5.74, 6) is -0.950. The van der Waals surface area contributed by atoms with Crippen LogP contribution in [0.1, 0.15) is 32.4 Å². The average Bonchev–Trinajstić information content (AvgIpc) is 3.02. The van der Waals surface area contributed by atoms with E-state index in [0.717, 1.165) is 10.9 Å². The van der Waals surface area contributed by atoms with Crippen LogP contribution in [0.3, 0.4) is 0 Å². The van der Waals surface area contributed by atoms with Gasteiger partial charge >= 0.3 is 12.1 Å². The number of aromatic amines is 1. The van der Waals surface area contributed by atoms with E-state index >= 15 is 0 Å². The molecule has 1 amide bonds. The average molecular weight is 374 g/mol. The molecule has 1 saturated heterocycles. The second kappa shape index (κ2) is 7.58. The first-order chi connectivity index (χ1) is 12.7. The predicted molar refractivity (Wildman–Crippen MR) is 101 cm³/mol. The maximum atomic E-state index is 12.2. The number of aromatic nitrogens is 1. The minimum Gasteiger partial charge on any atom is -0.480 e. The van der Waals surface area contributed by atoms with E-state index in [-0.39, 0.29) is 6.09 Å². The van der Waals surface area contributed by atoms with Gasteiger partial charge in [0.2, 0.25) is 0 Å². The molecule has 0 spiro atoms. The molecule has 8 heteroatoms. The van der Waals surface area contributed by atoms with Gasteiger partial charge in [-0.2, -0.15) is 0 Å². The molecular formula is C19H26N4O4. The monoisotopic (exact) mass is 374 g/mol. The lowest BCUT2D eigenvalue weighted by molar-refractivity contribution is -0.141. The SMILES string of the molecule is CC(C)(C)OC(=O)N1CCN(NC(C(=O)O)c2c[nH]c3ccccc23)CC1. The number of carbonyl (C=O) groups excluding carboxylic acids is 1. The number of rotatable bonds is 4. The highest BCUT2D eigenvalue weighted by Crippen LogP contribution is 2.25. The number of hydrazine groups is 1. The lowest BCUT2D eigenvalue weighted by Gasteiger charge is -2.36. The first kappa shape index (κ1) is 19.2. The Hall–Kier alpha value is -2.58. The van der Waals surface area contributed by atoms with Gasteiger partial charge in [-0.25, -0.2) is 15.2 Å². The molecule has 0 radical (unpaired) electrons. The molecule has 0 saturated carbocycles. The van der Waals surface area contributed by atoms with Crippen LogP contribution in [0.5, 0.6) is 0 Å². The summed E-state index contributed by atoms with van der Waals surface area (Å²) in [4.78, 5) is 28.8. The van der Waals surface area contributed by atoms with E-state index in [1.54, 1.807) is 11.1 Å². The van der Waals surface area contributed by atoms with E-state index in [1.165, 1.54) is 0 Å². The number of carboxylic acid groups (broad SMARTS) is 1. The molecule has 3 N–H and O–H groups in total. The van der Waals surface area contributed by atoms with Crippen molar-refractivity contribution in [2.75, 3.05) is 26.2 Å². The molecule has 8 nitrogen and oxygen atoms in total. The summed E-state index contributed by atoms with van der Waals surface area (Å²) >= 11 is 0. The van der Waals surface area contributed by atoms with Gasteiger partial charge < -0.3 is 19.7 Å². The molecular weight excluding hydrogens is 348 g/mol. The number of para-hydroxylation sites is 1. The van der Waals surface area contributed by atoms with E-state index in [4.69, 9.17) is 4.74 Å². The van der Waals surface area contributed by atoms with Gasteiger partial charge in [0, 0.05) is 48.8 Å². The summed E-state index contributed by atoms with van der Waals surface area (Å²) in [5, 5.41) is 12.4. The molecule has 1 aliphatic rings. The number of carbonyl (C=O) groups is 2. The molecule has 1 aromatic carbocycles. The fraction of sp³-hybridized carbons (Fsp3) is 0.474. The lowest BCUT2D eigenvalue weighted by Crippen LogP contribution is -2.55. The van der Waals surface area contributed by atoms with Crippen molar-refractivity contribution >= 4 is 23.0 Å². The van der Waals surface area contributed by atoms with Crippen LogP contribution >= 0.6 is 0 Å². The number of benzene rings is 1. The molecule has 2 aromatic rings. The van der Waals surface area contributed by atoms with Crippen LogP contribution < -0.4 is 5.43 Å². The quantitative estimate of drug-likeness (QED) is 0.760. The van der Waals surface area contributed by atoms with E-state index in [9.17, 15) is 14.7 Å². The standard InChI is InChI=1S/C19H26N4O4/c1-19(2,3)27-18(26)22-8-10-23(11-9-22)21-16(17(24)25)14-12-20-15-7-5-4-6-13(14)15/h4-7,12,16,20-21H,8-11H2,1-3H3,(H,24,25). The molecule has 146 valence electrons. The molecule has 2 heterocycles. The van der Waals surface area contributed by atoms with Crippen molar-refractivity contribution in [1.29, 1.82) is 0 Å². The second-order valence-electron chi connectivity index (χ2n) is 7.64. The van der Waals surface area contributed by atoms with Crippen molar-refractivity contribution < 1.29 is 19.4 Å². The largest absolute Gasteiger partial charge is 0.480 e. The van der Waals surface area contributed by atoms with Crippen molar-refractivity contribution in [3.05, 3.63) is 36.0 Å². The van der Waals surface area contributed by atoms with Crippen LogP contribution in [0.4, 0.5) is 4.79 Å². The van der Waals surface area contributed by atoms with Crippen LogP contribution in [0.25, 0.3) is 10.9 Å². The number of piperazine rings is 1. The Labute approximate surface area is 158 Å². The summed E-state index contributed by atoms with van der Waals surface area (Å²) in [5.41, 5.74) is 4.15. The number of H-pyrrole nitrogens is 1. The zero-order chi connectivity index (χ0) is 19.6. The third kappa shape index (κ3) is 4.58. The first-order valence-corrected chi connectivity index (χ1v) is 9.02. The number of hydrogen-bond donors (Lipinski definition) is 3. The molecule has 27 heavy (non-hydrogen) atoms. The van der Waals surface area contributed by atoms with Gasteiger partial charge in [-0.1, -0.05) is 18.2 Å². The number of amides is 1. The molecule has 0 aliphatic carbocycles. The fourth-order valence-electron chi connectivity index (χ4n) is 3.12. The highest BCUT2D eigenvalue weighted by molar-refractivity contribution is 5.89. The molecule has 0 bridgehead atoms. The third-order valence-electron chi connectivity index (χ3n) is 4.42. The van der Waals surface area contributed by atoms with Crippen LogP contribution in [0.15, 0.2) is 30.5 Å². The number of nitrogens with zero attached hydrogens (tertiary/aromatic N) is 2. The van der Waals surface area contributed by atoms with Gasteiger partial charge in [0.05, 0.1) is 0 Å². The Morgan fingerprint density at radius 1 is 1.19 bits per heavy atom. The van der Waals surface area contributed by atoms with E-state index < -0.39 is 17.6 Å². The van der Waals surface area contributed by atoms with Gasteiger partial charge in [-0.3, -0.25) is 4.79 Å².